The Morgan fingerprint density at radius 3 is 2.82 bits per heavy atom. The highest BCUT2D eigenvalue weighted by Crippen LogP contribution is 2.26. The van der Waals surface area contributed by atoms with Gasteiger partial charge in [0.25, 0.3) is 5.91 Å². The molecule has 4 heterocycles. The molecule has 4 aromatic heterocycles. The van der Waals surface area contributed by atoms with Crippen molar-refractivity contribution in [3.05, 3.63) is 76.8 Å². The van der Waals surface area contributed by atoms with E-state index in [1.165, 1.54) is 29.9 Å². The van der Waals surface area contributed by atoms with E-state index >= 15 is 0 Å². The van der Waals surface area contributed by atoms with Gasteiger partial charge in [-0.2, -0.15) is 5.10 Å². The van der Waals surface area contributed by atoms with E-state index in [4.69, 9.17) is 10.3 Å². The van der Waals surface area contributed by atoms with Crippen molar-refractivity contribution in [2.24, 2.45) is 0 Å². The molecule has 0 radical (unpaired) electrons. The summed E-state index contributed by atoms with van der Waals surface area (Å²) in [5.74, 6) is -0.463. The Hall–Kier alpha value is -4.45. The van der Waals surface area contributed by atoms with Crippen LogP contribution in [0, 0.1) is 5.82 Å². The van der Waals surface area contributed by atoms with Crippen LogP contribution < -0.4 is 11.1 Å². The molecule has 0 saturated heterocycles. The number of hydrogen-bond acceptors (Lipinski definition) is 9. The number of hydrogen-bond donors (Lipinski definition) is 2. The molecule has 0 aliphatic heterocycles. The van der Waals surface area contributed by atoms with Gasteiger partial charge >= 0.3 is 0 Å². The van der Waals surface area contributed by atoms with Crippen LogP contribution in [0.3, 0.4) is 0 Å². The molecule has 33 heavy (non-hydrogen) atoms. The summed E-state index contributed by atoms with van der Waals surface area (Å²) >= 11 is 1.31. The quantitative estimate of drug-likeness (QED) is 0.391. The van der Waals surface area contributed by atoms with Gasteiger partial charge in [0.15, 0.2) is 11.6 Å². The van der Waals surface area contributed by atoms with Crippen LogP contribution in [0.4, 0.5) is 15.9 Å². The molecule has 0 bridgehead atoms. The van der Waals surface area contributed by atoms with E-state index in [1.54, 1.807) is 45.9 Å². The number of anilines is 2. The molecule has 0 spiro atoms. The maximum Gasteiger partial charge on any atom is 0.275 e. The van der Waals surface area contributed by atoms with Crippen LogP contribution in [-0.2, 0) is 6.54 Å². The summed E-state index contributed by atoms with van der Waals surface area (Å²) in [4.78, 5) is 24.7. The molecular weight excluding hydrogens is 447 g/mol. The van der Waals surface area contributed by atoms with E-state index in [0.717, 1.165) is 0 Å². The number of nitrogen functional groups attached to an aromatic ring is 1. The monoisotopic (exact) mass is 462 g/mol. The van der Waals surface area contributed by atoms with Crippen LogP contribution in [0.15, 0.2) is 64.3 Å². The lowest BCUT2D eigenvalue weighted by Gasteiger charge is -2.07. The van der Waals surface area contributed by atoms with E-state index in [0.29, 0.717) is 22.6 Å². The number of carbonyl (C=O) groups is 1. The molecule has 0 aliphatic carbocycles. The third kappa shape index (κ3) is 4.19. The van der Waals surface area contributed by atoms with Crippen molar-refractivity contribution in [1.29, 1.82) is 0 Å². The molecule has 1 aromatic carbocycles. The number of rotatable bonds is 6. The molecule has 0 aliphatic rings. The molecule has 0 unspecified atom stereocenters. The Balaban J connectivity index is 1.47. The number of carbonyl (C=O) groups excluding carboxylic acids is 1. The fourth-order valence-electron chi connectivity index (χ4n) is 3.11. The van der Waals surface area contributed by atoms with Crippen molar-refractivity contribution < 1.29 is 13.7 Å². The highest BCUT2D eigenvalue weighted by atomic mass is 32.1. The van der Waals surface area contributed by atoms with Gasteiger partial charge in [0.1, 0.15) is 34.8 Å². The molecule has 164 valence electrons. The smallest absolute Gasteiger partial charge is 0.275 e. The van der Waals surface area contributed by atoms with E-state index in [2.05, 4.69) is 30.5 Å². The molecule has 5 rings (SSSR count). The molecule has 0 fully saturated rings. The molecule has 1 amide bonds. The first-order valence-corrected chi connectivity index (χ1v) is 10.6. The van der Waals surface area contributed by atoms with Crippen LogP contribution in [0.5, 0.6) is 0 Å². The van der Waals surface area contributed by atoms with Gasteiger partial charge in [0.05, 0.1) is 23.9 Å². The number of halogens is 1. The van der Waals surface area contributed by atoms with Crippen LogP contribution in [-0.4, -0.2) is 35.8 Å². The first-order valence-electron chi connectivity index (χ1n) is 9.63. The van der Waals surface area contributed by atoms with E-state index in [1.807, 2.05) is 0 Å². The lowest BCUT2D eigenvalue weighted by atomic mass is 10.2. The van der Waals surface area contributed by atoms with Gasteiger partial charge < -0.3 is 15.6 Å². The SMILES string of the molecule is Nc1nc(-c2cc(-c3ccon3)n(Cc3ccccc3F)n2)ncc1NC(=O)c1cscn1. The van der Waals surface area contributed by atoms with Gasteiger partial charge in [-0.1, -0.05) is 23.4 Å². The van der Waals surface area contributed by atoms with Crippen molar-refractivity contribution in [2.45, 2.75) is 6.54 Å². The fourth-order valence-corrected chi connectivity index (χ4v) is 3.64. The number of benzene rings is 1. The maximum absolute atomic E-state index is 14.2. The molecule has 0 atom stereocenters. The molecule has 0 saturated carbocycles. The summed E-state index contributed by atoms with van der Waals surface area (Å²) in [6.07, 6.45) is 2.83. The van der Waals surface area contributed by atoms with Gasteiger partial charge in [-0.05, 0) is 12.1 Å². The standard InChI is InChI=1S/C21H15FN8O2S/c22-13-4-2-1-3-12(13)9-30-18(14-5-6-32-29-14)7-15(28-30)20-24-8-16(19(23)27-20)26-21(31)17-10-33-11-25-17/h1-8,10-11H,9H2,(H,26,31)(H2,23,24,27). The van der Waals surface area contributed by atoms with Crippen molar-refractivity contribution in [3.63, 3.8) is 0 Å². The average molecular weight is 462 g/mol. The summed E-state index contributed by atoms with van der Waals surface area (Å²) in [6, 6.07) is 9.82. The number of nitrogens with one attached hydrogen (secondary N) is 1. The van der Waals surface area contributed by atoms with Gasteiger partial charge in [-0.15, -0.1) is 11.3 Å². The van der Waals surface area contributed by atoms with E-state index in [-0.39, 0.29) is 35.4 Å². The van der Waals surface area contributed by atoms with E-state index < -0.39 is 5.91 Å². The van der Waals surface area contributed by atoms with E-state index in [9.17, 15) is 9.18 Å². The van der Waals surface area contributed by atoms with Crippen molar-refractivity contribution >= 4 is 28.7 Å². The van der Waals surface area contributed by atoms with Gasteiger partial charge in [0, 0.05) is 17.0 Å². The van der Waals surface area contributed by atoms with Gasteiger partial charge in [-0.3, -0.25) is 9.48 Å². The number of nitrogens with zero attached hydrogens (tertiary/aromatic N) is 6. The zero-order chi connectivity index (χ0) is 22.8. The van der Waals surface area contributed by atoms with Gasteiger partial charge in [-0.25, -0.2) is 19.3 Å². The normalized spacial score (nSPS) is 10.9. The number of amides is 1. The van der Waals surface area contributed by atoms with Crippen molar-refractivity contribution in [3.8, 4) is 22.9 Å². The first-order chi connectivity index (χ1) is 16.1. The average Bonchev–Trinajstić information content (AvgIpc) is 3.58. The Morgan fingerprint density at radius 1 is 1.21 bits per heavy atom. The lowest BCUT2D eigenvalue weighted by molar-refractivity contribution is 0.102. The molecular formula is C21H15FN8O2S. The second-order valence-electron chi connectivity index (χ2n) is 6.87. The number of nitrogens with two attached hydrogens (primary N) is 1. The summed E-state index contributed by atoms with van der Waals surface area (Å²) in [5, 5.41) is 12.8. The first kappa shape index (κ1) is 20.5. The second kappa shape index (κ2) is 8.59. The molecule has 10 nitrogen and oxygen atoms in total. The summed E-state index contributed by atoms with van der Waals surface area (Å²) in [7, 11) is 0. The highest BCUT2D eigenvalue weighted by Gasteiger charge is 2.18. The predicted molar refractivity (Wildman–Crippen MR) is 119 cm³/mol. The van der Waals surface area contributed by atoms with Gasteiger partial charge in [0.2, 0.25) is 0 Å². The highest BCUT2D eigenvalue weighted by molar-refractivity contribution is 7.07. The molecule has 5 aromatic rings. The summed E-state index contributed by atoms with van der Waals surface area (Å²) in [5.41, 5.74) is 10.1. The third-order valence-corrected chi connectivity index (χ3v) is 5.31. The Labute approximate surface area is 189 Å². The Bertz CT molecular complexity index is 1420. The lowest BCUT2D eigenvalue weighted by Crippen LogP contribution is -2.14. The van der Waals surface area contributed by atoms with Crippen LogP contribution >= 0.6 is 11.3 Å². The Kier molecular flexibility index (Phi) is 5.32. The van der Waals surface area contributed by atoms with Crippen LogP contribution in [0.2, 0.25) is 0 Å². The Morgan fingerprint density at radius 2 is 2.09 bits per heavy atom. The minimum Gasteiger partial charge on any atom is -0.382 e. The topological polar surface area (TPSA) is 138 Å². The minimum absolute atomic E-state index is 0.0650. The third-order valence-electron chi connectivity index (χ3n) is 4.72. The zero-order valence-corrected chi connectivity index (χ0v) is 17.7. The second-order valence-corrected chi connectivity index (χ2v) is 7.59. The van der Waals surface area contributed by atoms with Crippen LogP contribution in [0.25, 0.3) is 22.9 Å². The largest absolute Gasteiger partial charge is 0.382 e. The predicted octanol–water partition coefficient (Wildman–Crippen LogP) is 3.47. The maximum atomic E-state index is 14.2. The van der Waals surface area contributed by atoms with Crippen molar-refractivity contribution in [2.75, 3.05) is 11.1 Å². The minimum atomic E-state index is -0.415. The summed E-state index contributed by atoms with van der Waals surface area (Å²) < 4.78 is 20.8. The molecule has 12 heteroatoms. The number of thiazole rings is 1. The van der Waals surface area contributed by atoms with Crippen molar-refractivity contribution in [1.82, 2.24) is 29.9 Å². The van der Waals surface area contributed by atoms with Crippen LogP contribution in [0.1, 0.15) is 16.1 Å². The zero-order valence-electron chi connectivity index (χ0n) is 16.8. The summed E-state index contributed by atoms with van der Waals surface area (Å²) in [6.45, 7) is 0.159. The number of aromatic nitrogens is 6. The fraction of sp³-hybridized carbons (Fsp3) is 0.0476. The molecule has 3 N–H and O–H groups in total.